The van der Waals surface area contributed by atoms with Crippen LogP contribution in [-0.4, -0.2) is 28.8 Å². The van der Waals surface area contributed by atoms with E-state index in [-0.39, 0.29) is 36.6 Å². The zero-order valence-electron chi connectivity index (χ0n) is 20.3. The molecule has 182 valence electrons. The van der Waals surface area contributed by atoms with E-state index in [2.05, 4.69) is 5.32 Å². The summed E-state index contributed by atoms with van der Waals surface area (Å²) in [6, 6.07) is 23.3. The van der Waals surface area contributed by atoms with Crippen LogP contribution >= 0.6 is 0 Å². The lowest BCUT2D eigenvalue weighted by Gasteiger charge is -2.32. The Bertz CT molecular complexity index is 1120. The third-order valence-electron chi connectivity index (χ3n) is 6.68. The van der Waals surface area contributed by atoms with Crippen LogP contribution in [0.3, 0.4) is 0 Å². The Morgan fingerprint density at radius 2 is 1.60 bits per heavy atom. The molecule has 0 bridgehead atoms. The van der Waals surface area contributed by atoms with Gasteiger partial charge >= 0.3 is 0 Å². The number of nitrogens with one attached hydrogen (secondary N) is 1. The van der Waals surface area contributed by atoms with E-state index in [1.165, 1.54) is 12.1 Å². The predicted octanol–water partition coefficient (Wildman–Crippen LogP) is 5.38. The fourth-order valence-electron chi connectivity index (χ4n) is 4.81. The molecule has 1 fully saturated rings. The molecule has 4 rings (SSSR count). The van der Waals surface area contributed by atoms with Gasteiger partial charge in [0.15, 0.2) is 0 Å². The van der Waals surface area contributed by atoms with Gasteiger partial charge in [-0.2, -0.15) is 0 Å². The molecule has 0 aromatic heterocycles. The van der Waals surface area contributed by atoms with Crippen LogP contribution in [-0.2, 0) is 29.0 Å². The SMILES string of the molecule is Cc1cccc(CC(=O)N(Cc2ccc(F)cc2)[C@@H](Cc2ccccc2)C(=O)NC2CCCC2)c1. The van der Waals surface area contributed by atoms with Gasteiger partial charge in [-0.25, -0.2) is 4.39 Å². The Morgan fingerprint density at radius 1 is 0.914 bits per heavy atom. The van der Waals surface area contributed by atoms with Crippen molar-refractivity contribution >= 4 is 11.8 Å². The molecule has 1 aliphatic rings. The number of carbonyl (C=O) groups is 2. The van der Waals surface area contributed by atoms with Crippen molar-refractivity contribution in [3.63, 3.8) is 0 Å². The number of aryl methyl sites for hydroxylation is 1. The maximum absolute atomic E-state index is 13.7. The van der Waals surface area contributed by atoms with E-state index in [1.54, 1.807) is 17.0 Å². The number of rotatable bonds is 9. The number of hydrogen-bond acceptors (Lipinski definition) is 2. The zero-order chi connectivity index (χ0) is 24.6. The first-order valence-corrected chi connectivity index (χ1v) is 12.4. The fourth-order valence-corrected chi connectivity index (χ4v) is 4.81. The topological polar surface area (TPSA) is 49.4 Å². The van der Waals surface area contributed by atoms with Crippen molar-refractivity contribution in [2.24, 2.45) is 0 Å². The van der Waals surface area contributed by atoms with Crippen molar-refractivity contribution in [2.75, 3.05) is 0 Å². The van der Waals surface area contributed by atoms with Crippen LogP contribution in [0.15, 0.2) is 78.9 Å². The highest BCUT2D eigenvalue weighted by Crippen LogP contribution is 2.21. The van der Waals surface area contributed by atoms with Crippen molar-refractivity contribution < 1.29 is 14.0 Å². The molecule has 0 radical (unpaired) electrons. The van der Waals surface area contributed by atoms with Gasteiger partial charge in [0.05, 0.1) is 6.42 Å². The lowest BCUT2D eigenvalue weighted by atomic mass is 10.0. The minimum Gasteiger partial charge on any atom is -0.352 e. The summed E-state index contributed by atoms with van der Waals surface area (Å²) >= 11 is 0. The maximum Gasteiger partial charge on any atom is 0.243 e. The molecule has 1 N–H and O–H groups in total. The van der Waals surface area contributed by atoms with E-state index in [9.17, 15) is 14.0 Å². The number of nitrogens with zero attached hydrogens (tertiary/aromatic N) is 1. The highest BCUT2D eigenvalue weighted by molar-refractivity contribution is 5.89. The summed E-state index contributed by atoms with van der Waals surface area (Å²) in [5.41, 5.74) is 3.77. The van der Waals surface area contributed by atoms with E-state index < -0.39 is 6.04 Å². The second-order valence-electron chi connectivity index (χ2n) is 9.51. The largest absolute Gasteiger partial charge is 0.352 e. The van der Waals surface area contributed by atoms with Crippen LogP contribution in [0.5, 0.6) is 0 Å². The smallest absolute Gasteiger partial charge is 0.243 e. The Hall–Kier alpha value is -3.47. The Balaban J connectivity index is 1.65. The van der Waals surface area contributed by atoms with Crippen LogP contribution in [0.2, 0.25) is 0 Å². The average Bonchev–Trinajstić information content (AvgIpc) is 3.36. The third kappa shape index (κ3) is 7.01. The molecule has 0 heterocycles. The Labute approximate surface area is 207 Å². The third-order valence-corrected chi connectivity index (χ3v) is 6.68. The molecule has 3 aromatic carbocycles. The predicted molar refractivity (Wildman–Crippen MR) is 136 cm³/mol. The molecule has 1 aliphatic carbocycles. The van der Waals surface area contributed by atoms with E-state index in [4.69, 9.17) is 0 Å². The second kappa shape index (κ2) is 11.8. The number of halogens is 1. The van der Waals surface area contributed by atoms with Gasteiger partial charge in [-0.15, -0.1) is 0 Å². The average molecular weight is 473 g/mol. The van der Waals surface area contributed by atoms with Crippen molar-refractivity contribution in [2.45, 2.75) is 64.1 Å². The minimum absolute atomic E-state index is 0.123. The van der Waals surface area contributed by atoms with Crippen LogP contribution in [0.25, 0.3) is 0 Å². The van der Waals surface area contributed by atoms with E-state index in [0.29, 0.717) is 6.42 Å². The van der Waals surface area contributed by atoms with Gasteiger partial charge in [0.2, 0.25) is 11.8 Å². The molecule has 0 saturated heterocycles. The monoisotopic (exact) mass is 472 g/mol. The highest BCUT2D eigenvalue weighted by atomic mass is 19.1. The Kier molecular flexibility index (Phi) is 8.30. The molecular weight excluding hydrogens is 439 g/mol. The van der Waals surface area contributed by atoms with E-state index >= 15 is 0 Å². The standard InChI is InChI=1S/C30H33FN2O2/c1-22-8-7-11-25(18-22)20-29(34)33(21-24-14-16-26(31)17-15-24)28(19-23-9-3-2-4-10-23)30(35)32-27-12-5-6-13-27/h2-4,7-11,14-18,27-28H,5-6,12-13,19-21H2,1H3,(H,32,35)/t28-/m0/s1. The normalized spacial score (nSPS) is 14.5. The molecule has 2 amide bonds. The van der Waals surface area contributed by atoms with Gasteiger partial charge < -0.3 is 10.2 Å². The molecule has 3 aromatic rings. The maximum atomic E-state index is 13.7. The Morgan fingerprint density at radius 3 is 2.29 bits per heavy atom. The highest BCUT2D eigenvalue weighted by Gasteiger charge is 2.32. The van der Waals surface area contributed by atoms with Crippen molar-refractivity contribution in [3.05, 3.63) is 107 Å². The van der Waals surface area contributed by atoms with Gasteiger partial charge in [0, 0.05) is 19.0 Å². The van der Waals surface area contributed by atoms with Crippen LogP contribution in [0.1, 0.15) is 47.9 Å². The van der Waals surface area contributed by atoms with Gasteiger partial charge in [0.1, 0.15) is 11.9 Å². The zero-order valence-corrected chi connectivity index (χ0v) is 20.3. The van der Waals surface area contributed by atoms with Crippen LogP contribution in [0, 0.1) is 12.7 Å². The van der Waals surface area contributed by atoms with Crippen molar-refractivity contribution in [3.8, 4) is 0 Å². The quantitative estimate of drug-likeness (QED) is 0.455. The summed E-state index contributed by atoms with van der Waals surface area (Å²) in [5.74, 6) is -0.575. The first-order valence-electron chi connectivity index (χ1n) is 12.4. The molecule has 4 nitrogen and oxygen atoms in total. The molecule has 35 heavy (non-hydrogen) atoms. The number of carbonyl (C=O) groups excluding carboxylic acids is 2. The molecule has 0 unspecified atom stereocenters. The summed E-state index contributed by atoms with van der Waals surface area (Å²) in [6.07, 6.45) is 4.78. The molecule has 1 atom stereocenters. The van der Waals surface area contributed by atoms with Gasteiger partial charge in [0.25, 0.3) is 0 Å². The van der Waals surface area contributed by atoms with Gasteiger partial charge in [-0.1, -0.05) is 85.1 Å². The van der Waals surface area contributed by atoms with Crippen molar-refractivity contribution in [1.29, 1.82) is 0 Å². The number of hydrogen-bond donors (Lipinski definition) is 1. The van der Waals surface area contributed by atoms with E-state index in [0.717, 1.165) is 47.9 Å². The number of amides is 2. The summed E-state index contributed by atoms with van der Waals surface area (Å²) in [6.45, 7) is 2.23. The molecular formula is C30H33FN2O2. The molecule has 0 spiro atoms. The van der Waals surface area contributed by atoms with Crippen molar-refractivity contribution in [1.82, 2.24) is 10.2 Å². The van der Waals surface area contributed by atoms with Crippen LogP contribution in [0.4, 0.5) is 4.39 Å². The fraction of sp³-hybridized carbons (Fsp3) is 0.333. The minimum atomic E-state index is -0.666. The first-order chi connectivity index (χ1) is 17.0. The van der Waals surface area contributed by atoms with Crippen LogP contribution < -0.4 is 5.32 Å². The summed E-state index contributed by atoms with van der Waals surface area (Å²) in [5, 5.41) is 3.21. The summed E-state index contributed by atoms with van der Waals surface area (Å²) in [7, 11) is 0. The van der Waals surface area contributed by atoms with E-state index in [1.807, 2.05) is 61.5 Å². The lowest BCUT2D eigenvalue weighted by Crippen LogP contribution is -2.52. The molecule has 0 aliphatic heterocycles. The summed E-state index contributed by atoms with van der Waals surface area (Å²) in [4.78, 5) is 29.0. The van der Waals surface area contributed by atoms with Gasteiger partial charge in [-0.3, -0.25) is 9.59 Å². The second-order valence-corrected chi connectivity index (χ2v) is 9.51. The summed E-state index contributed by atoms with van der Waals surface area (Å²) < 4.78 is 13.6. The first kappa shape index (κ1) is 24.6. The lowest BCUT2D eigenvalue weighted by molar-refractivity contribution is -0.141. The molecule has 5 heteroatoms. The number of benzene rings is 3. The van der Waals surface area contributed by atoms with Gasteiger partial charge in [-0.05, 0) is 48.6 Å². The molecule has 1 saturated carbocycles.